The Balaban J connectivity index is 1.16. The average molecular weight is 946 g/mol. The van der Waals surface area contributed by atoms with Crippen molar-refractivity contribution in [2.24, 2.45) is 0 Å². The van der Waals surface area contributed by atoms with E-state index >= 15 is 0 Å². The van der Waals surface area contributed by atoms with E-state index in [1.165, 1.54) is 21.5 Å². The van der Waals surface area contributed by atoms with Gasteiger partial charge in [-0.1, -0.05) is 226 Å². The van der Waals surface area contributed by atoms with Crippen LogP contribution in [0.2, 0.25) is 0 Å². The smallest absolute Gasteiger partial charge is 0.164 e. The lowest BCUT2D eigenvalue weighted by Crippen LogP contribution is -2.05. The van der Waals surface area contributed by atoms with Crippen LogP contribution in [0.3, 0.4) is 0 Å². The van der Waals surface area contributed by atoms with Crippen LogP contribution in [-0.4, -0.2) is 24.1 Å². The van der Waals surface area contributed by atoms with Gasteiger partial charge in [-0.05, 0) is 81.9 Å². The molecule has 0 aliphatic heterocycles. The Kier molecular flexibility index (Phi) is 11.1. The molecule has 5 heteroatoms. The summed E-state index contributed by atoms with van der Waals surface area (Å²) in [6.07, 6.45) is 5.40. The summed E-state index contributed by atoms with van der Waals surface area (Å²) in [6, 6.07) is 86.7. The van der Waals surface area contributed by atoms with Gasteiger partial charge in [-0.15, -0.1) is 0 Å². The number of aromatic nitrogens is 5. The van der Waals surface area contributed by atoms with Gasteiger partial charge in [-0.25, -0.2) is 15.0 Å². The van der Waals surface area contributed by atoms with Gasteiger partial charge < -0.3 is 9.13 Å². The van der Waals surface area contributed by atoms with Crippen LogP contribution in [-0.2, 0) is 0 Å². The summed E-state index contributed by atoms with van der Waals surface area (Å²) in [5.41, 5.74) is 17.9. The maximum absolute atomic E-state index is 5.29. The number of nitrogens with zero attached hydrogens (tertiary/aromatic N) is 5. The number of rotatable bonds is 11. The van der Waals surface area contributed by atoms with Crippen LogP contribution >= 0.6 is 0 Å². The highest BCUT2D eigenvalue weighted by atomic mass is 15.0. The van der Waals surface area contributed by atoms with Crippen LogP contribution in [0.5, 0.6) is 0 Å². The standard InChI is InChI=1S/C69H47N5/c1-3-21-46(4-2)67-70-68(53-26-13-7-14-27-53)72-69(71-67)54-44-58(51-38-34-49(35-39-51)47-22-9-5-10-23-47)66(59(45-54)52-40-36-50(37-41-52)48-24-11-6-12-25-48)74-61-33-20-18-31-57(61)65-63(74)43-42-62-64(65)56-30-17-19-32-60(56)73(62)55-28-15-8-16-29-55/h3-45H,1-2H2/b46-21+. The number of allylic oxidation sites excluding steroid dienone is 4. The minimum absolute atomic E-state index is 0.511. The number of hydrogen-bond acceptors (Lipinski definition) is 3. The molecule has 3 heterocycles. The molecule has 0 fully saturated rings. The van der Waals surface area contributed by atoms with Crippen molar-refractivity contribution in [1.29, 1.82) is 0 Å². The Morgan fingerprint density at radius 1 is 0.351 bits per heavy atom. The molecule has 3 aromatic heterocycles. The highest BCUT2D eigenvalue weighted by Gasteiger charge is 2.26. The first-order valence-corrected chi connectivity index (χ1v) is 24.9. The average Bonchev–Trinajstić information content (AvgIpc) is 4.01. The molecule has 0 atom stereocenters. The molecule has 0 aliphatic carbocycles. The second kappa shape index (κ2) is 18.7. The normalized spacial score (nSPS) is 11.7. The van der Waals surface area contributed by atoms with Crippen LogP contribution < -0.4 is 0 Å². The fourth-order valence-electron chi connectivity index (χ4n) is 10.7. The molecule has 0 aliphatic rings. The zero-order chi connectivity index (χ0) is 49.5. The molecule has 5 nitrogen and oxygen atoms in total. The zero-order valence-corrected chi connectivity index (χ0v) is 40.5. The fourth-order valence-corrected chi connectivity index (χ4v) is 10.7. The Morgan fingerprint density at radius 2 is 0.757 bits per heavy atom. The highest BCUT2D eigenvalue weighted by Crippen LogP contribution is 2.47. The van der Waals surface area contributed by atoms with E-state index in [1.807, 2.05) is 36.4 Å². The summed E-state index contributed by atoms with van der Waals surface area (Å²) in [5, 5.41) is 4.79. The number of fused-ring (bicyclic) bond motifs is 7. The quantitative estimate of drug-likeness (QED) is 0.121. The molecule has 10 aromatic carbocycles. The molecular formula is C69H47N5. The number of benzene rings is 10. The zero-order valence-electron chi connectivity index (χ0n) is 40.5. The second-order valence-corrected chi connectivity index (χ2v) is 18.4. The lowest BCUT2D eigenvalue weighted by Gasteiger charge is -2.21. The molecule has 0 amide bonds. The molecule has 74 heavy (non-hydrogen) atoms. The molecule has 0 saturated heterocycles. The van der Waals surface area contributed by atoms with Crippen molar-refractivity contribution in [2.45, 2.75) is 0 Å². The first kappa shape index (κ1) is 44.0. The first-order valence-electron chi connectivity index (χ1n) is 24.9. The Labute approximate surface area is 429 Å². The van der Waals surface area contributed by atoms with E-state index < -0.39 is 0 Å². The van der Waals surface area contributed by atoms with Gasteiger partial charge in [0.1, 0.15) is 0 Å². The van der Waals surface area contributed by atoms with Gasteiger partial charge in [0.15, 0.2) is 17.5 Å². The predicted molar refractivity (Wildman–Crippen MR) is 309 cm³/mol. The minimum atomic E-state index is 0.511. The van der Waals surface area contributed by atoms with E-state index in [-0.39, 0.29) is 0 Å². The molecule has 0 N–H and O–H groups in total. The van der Waals surface area contributed by atoms with Gasteiger partial charge in [0.2, 0.25) is 0 Å². The van der Waals surface area contributed by atoms with E-state index in [0.717, 1.165) is 94.6 Å². The van der Waals surface area contributed by atoms with Gasteiger partial charge in [0.25, 0.3) is 0 Å². The maximum atomic E-state index is 5.29. The van der Waals surface area contributed by atoms with Crippen LogP contribution in [0.4, 0.5) is 0 Å². The van der Waals surface area contributed by atoms with Crippen LogP contribution in [0.25, 0.3) is 128 Å². The lowest BCUT2D eigenvalue weighted by atomic mass is 9.91. The summed E-state index contributed by atoms with van der Waals surface area (Å²) in [4.78, 5) is 15.6. The largest absolute Gasteiger partial charge is 0.309 e. The predicted octanol–water partition coefficient (Wildman–Crippen LogP) is 17.8. The summed E-state index contributed by atoms with van der Waals surface area (Å²) in [7, 11) is 0. The molecule has 13 rings (SSSR count). The molecule has 0 saturated carbocycles. The van der Waals surface area contributed by atoms with Crippen molar-refractivity contribution in [3.05, 3.63) is 280 Å². The van der Waals surface area contributed by atoms with Crippen molar-refractivity contribution < 1.29 is 0 Å². The minimum Gasteiger partial charge on any atom is -0.309 e. The lowest BCUT2D eigenvalue weighted by molar-refractivity contribution is 1.04. The van der Waals surface area contributed by atoms with Crippen molar-refractivity contribution in [3.63, 3.8) is 0 Å². The Morgan fingerprint density at radius 3 is 1.26 bits per heavy atom. The molecule has 0 bridgehead atoms. The molecular weight excluding hydrogens is 899 g/mol. The molecule has 0 radical (unpaired) electrons. The summed E-state index contributed by atoms with van der Waals surface area (Å²) >= 11 is 0. The van der Waals surface area contributed by atoms with E-state index in [0.29, 0.717) is 17.5 Å². The van der Waals surface area contributed by atoms with Crippen LogP contribution in [0.15, 0.2) is 274 Å². The monoisotopic (exact) mass is 945 g/mol. The molecule has 348 valence electrons. The maximum Gasteiger partial charge on any atom is 0.164 e. The number of hydrogen-bond donors (Lipinski definition) is 0. The van der Waals surface area contributed by atoms with Gasteiger partial charge in [0, 0.05) is 55.1 Å². The SMILES string of the molecule is C=C/C=C(\C=C)c1nc(-c2ccccc2)nc(-c2cc(-c3ccc(-c4ccccc4)cc3)c(-n3c4ccccc4c4c5c6ccccc6n(-c6ccccc6)c5ccc43)c(-c3ccc(-c4ccccc4)cc3)c2)n1. The third-order valence-electron chi connectivity index (χ3n) is 14.1. The van der Waals surface area contributed by atoms with Gasteiger partial charge in [-0.2, -0.15) is 0 Å². The van der Waals surface area contributed by atoms with Crippen LogP contribution in [0, 0.1) is 0 Å². The summed E-state index contributed by atoms with van der Waals surface area (Å²) < 4.78 is 4.90. The van der Waals surface area contributed by atoms with Gasteiger partial charge in [0.05, 0.1) is 27.8 Å². The van der Waals surface area contributed by atoms with Crippen molar-refractivity contribution in [1.82, 2.24) is 24.1 Å². The second-order valence-electron chi connectivity index (χ2n) is 18.4. The van der Waals surface area contributed by atoms with Crippen molar-refractivity contribution in [2.75, 3.05) is 0 Å². The molecule has 0 spiro atoms. The van der Waals surface area contributed by atoms with E-state index in [2.05, 4.69) is 235 Å². The third kappa shape index (κ3) is 7.63. The van der Waals surface area contributed by atoms with Gasteiger partial charge in [-0.3, -0.25) is 0 Å². The van der Waals surface area contributed by atoms with E-state index in [4.69, 9.17) is 15.0 Å². The molecule has 0 unspecified atom stereocenters. The summed E-state index contributed by atoms with van der Waals surface area (Å²) in [6.45, 7) is 8.15. The van der Waals surface area contributed by atoms with Crippen LogP contribution in [0.1, 0.15) is 5.82 Å². The summed E-state index contributed by atoms with van der Waals surface area (Å²) in [5.74, 6) is 1.62. The fraction of sp³-hybridized carbons (Fsp3) is 0. The van der Waals surface area contributed by atoms with Crippen molar-refractivity contribution >= 4 is 49.2 Å². The third-order valence-corrected chi connectivity index (χ3v) is 14.1. The van der Waals surface area contributed by atoms with Gasteiger partial charge >= 0.3 is 0 Å². The molecule has 13 aromatic rings. The van der Waals surface area contributed by atoms with Crippen molar-refractivity contribution in [3.8, 4) is 78.7 Å². The topological polar surface area (TPSA) is 48.5 Å². The van der Waals surface area contributed by atoms with E-state index in [1.54, 1.807) is 12.2 Å². The first-order chi connectivity index (χ1) is 36.6. The van der Waals surface area contributed by atoms with E-state index in [9.17, 15) is 0 Å². The highest BCUT2D eigenvalue weighted by molar-refractivity contribution is 6.29. The number of para-hydroxylation sites is 3. The Bertz CT molecular complexity index is 4180. The Hall–Kier alpha value is -9.97.